The van der Waals surface area contributed by atoms with Crippen molar-refractivity contribution in [2.45, 2.75) is 30.7 Å². The van der Waals surface area contributed by atoms with E-state index in [4.69, 9.17) is 16.3 Å². The normalized spacial score (nSPS) is 12.0. The van der Waals surface area contributed by atoms with Gasteiger partial charge >= 0.3 is 5.97 Å². The number of hydrogen-bond donors (Lipinski definition) is 0. The number of nitrogens with zero attached hydrogens (tertiary/aromatic N) is 3. The van der Waals surface area contributed by atoms with E-state index >= 15 is 0 Å². The van der Waals surface area contributed by atoms with Gasteiger partial charge in [0.2, 0.25) is 0 Å². The lowest BCUT2D eigenvalue weighted by Crippen LogP contribution is -2.17. The van der Waals surface area contributed by atoms with Crippen LogP contribution in [0.5, 0.6) is 0 Å². The maximum absolute atomic E-state index is 12.0. The van der Waals surface area contributed by atoms with Crippen molar-refractivity contribution >= 4 is 29.3 Å². The Morgan fingerprint density at radius 3 is 2.67 bits per heavy atom. The second kappa shape index (κ2) is 9.06. The molecule has 0 amide bonds. The number of rotatable bonds is 7. The Labute approximate surface area is 167 Å². The topological polar surface area (TPSA) is 57.0 Å². The molecule has 0 saturated heterocycles. The zero-order valence-corrected chi connectivity index (χ0v) is 16.7. The number of esters is 1. The van der Waals surface area contributed by atoms with E-state index in [1.54, 1.807) is 13.8 Å². The van der Waals surface area contributed by atoms with Crippen molar-refractivity contribution in [2.24, 2.45) is 0 Å². The summed E-state index contributed by atoms with van der Waals surface area (Å²) in [6.45, 7) is 3.95. The molecule has 1 unspecified atom stereocenters. The molecule has 3 rings (SSSR count). The number of thioether (sulfide) groups is 1. The van der Waals surface area contributed by atoms with E-state index in [0.717, 1.165) is 17.1 Å². The quantitative estimate of drug-likeness (QED) is 0.429. The van der Waals surface area contributed by atoms with Gasteiger partial charge in [0.05, 0.1) is 12.3 Å². The molecular weight excluding hydrogens is 382 g/mol. The van der Waals surface area contributed by atoms with E-state index in [0.29, 0.717) is 23.2 Å². The third-order valence-corrected chi connectivity index (χ3v) is 5.13. The summed E-state index contributed by atoms with van der Waals surface area (Å²) in [5, 5.41) is 9.56. The lowest BCUT2D eigenvalue weighted by molar-refractivity contribution is -0.142. The molecule has 27 heavy (non-hydrogen) atoms. The third-order valence-electron chi connectivity index (χ3n) is 3.87. The average molecular weight is 402 g/mol. The average Bonchev–Trinajstić information content (AvgIpc) is 3.04. The summed E-state index contributed by atoms with van der Waals surface area (Å²) in [6.07, 6.45) is 0.620. The smallest absolute Gasteiger partial charge is 0.319 e. The Balaban J connectivity index is 1.97. The molecule has 5 nitrogen and oxygen atoms in total. The predicted molar refractivity (Wildman–Crippen MR) is 108 cm³/mol. The molecule has 0 N–H and O–H groups in total. The number of carbonyl (C=O) groups is 1. The maximum Gasteiger partial charge on any atom is 0.319 e. The standard InChI is InChI=1S/C20H20ClN3O2S/c1-3-26-19(25)14(2)27-20-23-22-18(12-15-8-5-4-6-9-15)24(20)17-11-7-10-16(21)13-17/h4-11,13-14H,3,12H2,1-2H3. The Bertz CT molecular complexity index is 915. The van der Waals surface area contributed by atoms with Crippen LogP contribution >= 0.6 is 23.4 Å². The number of carbonyl (C=O) groups excluding carboxylic acids is 1. The van der Waals surface area contributed by atoms with E-state index in [9.17, 15) is 4.79 Å². The fourth-order valence-electron chi connectivity index (χ4n) is 2.61. The number of halogens is 1. The number of hydrogen-bond acceptors (Lipinski definition) is 5. The van der Waals surface area contributed by atoms with Crippen LogP contribution in [0.25, 0.3) is 5.69 Å². The summed E-state index contributed by atoms with van der Waals surface area (Å²) in [4.78, 5) is 12.0. The van der Waals surface area contributed by atoms with E-state index in [2.05, 4.69) is 10.2 Å². The Hall–Kier alpha value is -2.31. The first-order valence-corrected chi connectivity index (χ1v) is 9.91. The van der Waals surface area contributed by atoms with Crippen molar-refractivity contribution in [3.05, 3.63) is 71.0 Å². The summed E-state index contributed by atoms with van der Waals surface area (Å²) in [5.74, 6) is 0.509. The van der Waals surface area contributed by atoms with Gasteiger partial charge in [-0.05, 0) is 37.6 Å². The van der Waals surface area contributed by atoms with Gasteiger partial charge in [0, 0.05) is 11.4 Å². The van der Waals surface area contributed by atoms with Crippen LogP contribution in [0.4, 0.5) is 0 Å². The van der Waals surface area contributed by atoms with Gasteiger partial charge in [-0.3, -0.25) is 9.36 Å². The number of ether oxygens (including phenoxy) is 1. The fraction of sp³-hybridized carbons (Fsp3) is 0.250. The minimum atomic E-state index is -0.392. The summed E-state index contributed by atoms with van der Waals surface area (Å²) < 4.78 is 7.05. The Morgan fingerprint density at radius 1 is 1.19 bits per heavy atom. The van der Waals surface area contributed by atoms with Crippen molar-refractivity contribution < 1.29 is 9.53 Å². The van der Waals surface area contributed by atoms with Crippen LogP contribution in [0.3, 0.4) is 0 Å². The highest BCUT2D eigenvalue weighted by Gasteiger charge is 2.22. The van der Waals surface area contributed by atoms with Gasteiger partial charge in [-0.15, -0.1) is 10.2 Å². The zero-order chi connectivity index (χ0) is 19.2. The minimum absolute atomic E-state index is 0.271. The monoisotopic (exact) mass is 401 g/mol. The molecule has 2 aromatic carbocycles. The van der Waals surface area contributed by atoms with Gasteiger partial charge in [0.25, 0.3) is 0 Å². The van der Waals surface area contributed by atoms with Crippen molar-refractivity contribution in [1.82, 2.24) is 14.8 Å². The molecular formula is C20H20ClN3O2S. The van der Waals surface area contributed by atoms with Crippen LogP contribution in [0.2, 0.25) is 5.02 Å². The van der Waals surface area contributed by atoms with Gasteiger partial charge in [-0.25, -0.2) is 0 Å². The molecule has 0 bridgehead atoms. The van der Waals surface area contributed by atoms with Crippen molar-refractivity contribution in [3.8, 4) is 5.69 Å². The molecule has 1 atom stereocenters. The highest BCUT2D eigenvalue weighted by Crippen LogP contribution is 2.28. The van der Waals surface area contributed by atoms with Gasteiger partial charge in [0.15, 0.2) is 5.16 Å². The lowest BCUT2D eigenvalue weighted by Gasteiger charge is -2.13. The van der Waals surface area contributed by atoms with Crippen LogP contribution in [0, 0.1) is 0 Å². The molecule has 140 valence electrons. The van der Waals surface area contributed by atoms with Gasteiger partial charge in [-0.1, -0.05) is 59.8 Å². The first-order chi connectivity index (χ1) is 13.1. The first-order valence-electron chi connectivity index (χ1n) is 8.66. The molecule has 0 spiro atoms. The fourth-order valence-corrected chi connectivity index (χ4v) is 3.68. The highest BCUT2D eigenvalue weighted by atomic mass is 35.5. The molecule has 0 aliphatic heterocycles. The second-order valence-electron chi connectivity index (χ2n) is 5.89. The molecule has 0 aliphatic carbocycles. The van der Waals surface area contributed by atoms with E-state index in [-0.39, 0.29) is 5.97 Å². The van der Waals surface area contributed by atoms with Crippen LogP contribution in [-0.4, -0.2) is 32.6 Å². The lowest BCUT2D eigenvalue weighted by atomic mass is 10.1. The number of benzene rings is 2. The molecule has 0 saturated carbocycles. The number of aromatic nitrogens is 3. The van der Waals surface area contributed by atoms with Gasteiger partial charge in [-0.2, -0.15) is 0 Å². The highest BCUT2D eigenvalue weighted by molar-refractivity contribution is 8.00. The summed E-state index contributed by atoms with van der Waals surface area (Å²) in [6, 6.07) is 17.6. The largest absolute Gasteiger partial charge is 0.465 e. The zero-order valence-electron chi connectivity index (χ0n) is 15.1. The Morgan fingerprint density at radius 2 is 1.96 bits per heavy atom. The molecule has 7 heteroatoms. The van der Waals surface area contributed by atoms with Crippen molar-refractivity contribution in [2.75, 3.05) is 6.61 Å². The summed E-state index contributed by atoms with van der Waals surface area (Å²) in [7, 11) is 0. The van der Waals surface area contributed by atoms with Crippen LogP contribution in [0.1, 0.15) is 25.2 Å². The molecule has 1 heterocycles. The molecule has 0 fully saturated rings. The van der Waals surface area contributed by atoms with Crippen LogP contribution in [-0.2, 0) is 16.0 Å². The minimum Gasteiger partial charge on any atom is -0.465 e. The molecule has 1 aromatic heterocycles. The maximum atomic E-state index is 12.0. The predicted octanol–water partition coefficient (Wildman–Crippen LogP) is 4.56. The molecule has 3 aromatic rings. The summed E-state index contributed by atoms with van der Waals surface area (Å²) >= 11 is 7.51. The third kappa shape index (κ3) is 4.90. The molecule has 0 aliphatic rings. The van der Waals surface area contributed by atoms with E-state index in [1.807, 2.05) is 59.2 Å². The van der Waals surface area contributed by atoms with Crippen molar-refractivity contribution in [3.63, 3.8) is 0 Å². The Kier molecular flexibility index (Phi) is 6.53. The molecule has 0 radical (unpaired) electrons. The van der Waals surface area contributed by atoms with Crippen LogP contribution < -0.4 is 0 Å². The van der Waals surface area contributed by atoms with E-state index < -0.39 is 5.25 Å². The van der Waals surface area contributed by atoms with Crippen molar-refractivity contribution in [1.29, 1.82) is 0 Å². The van der Waals surface area contributed by atoms with Gasteiger partial charge in [0.1, 0.15) is 11.1 Å². The summed E-state index contributed by atoms with van der Waals surface area (Å²) in [5.41, 5.74) is 1.99. The van der Waals surface area contributed by atoms with Gasteiger partial charge < -0.3 is 4.74 Å². The SMILES string of the molecule is CCOC(=O)C(C)Sc1nnc(Cc2ccccc2)n1-c1cccc(Cl)c1. The first kappa shape index (κ1) is 19.5. The van der Waals surface area contributed by atoms with E-state index in [1.165, 1.54) is 11.8 Å². The second-order valence-corrected chi connectivity index (χ2v) is 7.63. The van der Waals surface area contributed by atoms with Crippen LogP contribution in [0.15, 0.2) is 59.8 Å².